The van der Waals surface area contributed by atoms with E-state index in [0.717, 1.165) is 17.7 Å². The highest BCUT2D eigenvalue weighted by Gasteiger charge is 2.17. The lowest BCUT2D eigenvalue weighted by molar-refractivity contribution is 0.0948. The molecule has 4 N–H and O–H groups in total. The first kappa shape index (κ1) is 19.0. The van der Waals surface area contributed by atoms with E-state index in [9.17, 15) is 24.5 Å². The molecular weight excluding hydrogens is 365 g/mol. The molecule has 0 aromatic heterocycles. The van der Waals surface area contributed by atoms with Crippen LogP contribution in [-0.4, -0.2) is 27.8 Å². The van der Waals surface area contributed by atoms with Crippen molar-refractivity contribution in [3.63, 3.8) is 0 Å². The van der Waals surface area contributed by atoms with Crippen molar-refractivity contribution >= 4 is 5.91 Å². The van der Waals surface area contributed by atoms with E-state index in [4.69, 9.17) is 4.74 Å². The summed E-state index contributed by atoms with van der Waals surface area (Å²) < 4.78 is 18.5. The lowest BCUT2D eigenvalue weighted by atomic mass is 10.1. The Kier molecular flexibility index (Phi) is 5.64. The molecule has 6 nitrogen and oxygen atoms in total. The maximum absolute atomic E-state index is 12.9. The van der Waals surface area contributed by atoms with E-state index in [1.165, 1.54) is 24.3 Å². The minimum Gasteiger partial charge on any atom is -0.508 e. The van der Waals surface area contributed by atoms with Gasteiger partial charge in [0.05, 0.1) is 0 Å². The molecule has 1 amide bonds. The van der Waals surface area contributed by atoms with E-state index in [-0.39, 0.29) is 23.7 Å². The monoisotopic (exact) mass is 383 g/mol. The number of nitrogens with one attached hydrogen (secondary N) is 1. The van der Waals surface area contributed by atoms with Crippen LogP contribution >= 0.6 is 0 Å². The zero-order chi connectivity index (χ0) is 20.1. The van der Waals surface area contributed by atoms with Gasteiger partial charge in [-0.2, -0.15) is 0 Å². The number of carbonyl (C=O) groups excluding carboxylic acids is 1. The summed E-state index contributed by atoms with van der Waals surface area (Å²) in [7, 11) is 0. The predicted octanol–water partition coefficient (Wildman–Crippen LogP) is 3.71. The third kappa shape index (κ3) is 4.70. The molecule has 0 saturated carbocycles. The number of halogens is 1. The van der Waals surface area contributed by atoms with Gasteiger partial charge in [0.15, 0.2) is 0 Å². The number of ether oxygens (including phenoxy) is 1. The Morgan fingerprint density at radius 3 is 2.00 bits per heavy atom. The van der Waals surface area contributed by atoms with E-state index >= 15 is 0 Å². The molecule has 0 spiro atoms. The van der Waals surface area contributed by atoms with Crippen molar-refractivity contribution in [2.24, 2.45) is 0 Å². The molecule has 0 heterocycles. The quantitative estimate of drug-likeness (QED) is 0.520. The number of aromatic hydroxyl groups is 3. The Labute approximate surface area is 160 Å². The van der Waals surface area contributed by atoms with Crippen LogP contribution in [0.2, 0.25) is 0 Å². The molecule has 28 heavy (non-hydrogen) atoms. The van der Waals surface area contributed by atoms with Crippen LogP contribution in [-0.2, 0) is 6.42 Å². The van der Waals surface area contributed by atoms with E-state index in [1.54, 1.807) is 12.1 Å². The molecule has 0 aliphatic heterocycles. The van der Waals surface area contributed by atoms with Crippen molar-refractivity contribution in [2.75, 3.05) is 6.54 Å². The summed E-state index contributed by atoms with van der Waals surface area (Å²) in [5.41, 5.74) is 0.645. The molecule has 3 aromatic carbocycles. The highest BCUT2D eigenvalue weighted by molar-refractivity contribution is 5.99. The third-order valence-electron chi connectivity index (χ3n) is 3.98. The van der Waals surface area contributed by atoms with Crippen LogP contribution in [0.1, 0.15) is 15.9 Å². The van der Waals surface area contributed by atoms with Crippen LogP contribution in [0.4, 0.5) is 4.39 Å². The van der Waals surface area contributed by atoms with Crippen molar-refractivity contribution in [2.45, 2.75) is 6.42 Å². The third-order valence-corrected chi connectivity index (χ3v) is 3.98. The van der Waals surface area contributed by atoms with E-state index in [0.29, 0.717) is 17.9 Å². The molecule has 7 heteroatoms. The molecule has 0 unspecified atom stereocenters. The minimum atomic E-state index is -0.647. The second-order valence-electron chi connectivity index (χ2n) is 6.06. The Balaban J connectivity index is 1.54. The van der Waals surface area contributed by atoms with Crippen LogP contribution < -0.4 is 10.1 Å². The Morgan fingerprint density at radius 1 is 0.893 bits per heavy atom. The van der Waals surface area contributed by atoms with Gasteiger partial charge in [-0.05, 0) is 48.4 Å². The molecule has 0 fully saturated rings. The summed E-state index contributed by atoms with van der Waals surface area (Å²) in [4.78, 5) is 12.1. The summed E-state index contributed by atoms with van der Waals surface area (Å²) in [6.07, 6.45) is 0.516. The normalized spacial score (nSPS) is 10.5. The number of benzene rings is 3. The largest absolute Gasteiger partial charge is 0.508 e. The molecule has 0 radical (unpaired) electrons. The summed E-state index contributed by atoms with van der Waals surface area (Å²) in [5, 5.41) is 31.3. The summed E-state index contributed by atoms with van der Waals surface area (Å²) >= 11 is 0. The van der Waals surface area contributed by atoms with Crippen LogP contribution in [0.15, 0.2) is 60.7 Å². The van der Waals surface area contributed by atoms with Gasteiger partial charge in [-0.15, -0.1) is 0 Å². The Bertz CT molecular complexity index is 948. The molecule has 0 saturated heterocycles. The van der Waals surface area contributed by atoms with E-state index in [1.807, 2.05) is 12.1 Å². The topological polar surface area (TPSA) is 99.0 Å². The maximum atomic E-state index is 12.9. The van der Waals surface area contributed by atoms with Gasteiger partial charge in [-0.3, -0.25) is 4.79 Å². The molecule has 0 bridgehead atoms. The van der Waals surface area contributed by atoms with Gasteiger partial charge in [-0.1, -0.05) is 12.1 Å². The molecule has 0 aliphatic rings. The van der Waals surface area contributed by atoms with Gasteiger partial charge in [0, 0.05) is 18.7 Å². The number of amides is 1. The van der Waals surface area contributed by atoms with Crippen LogP contribution in [0.3, 0.4) is 0 Å². The lowest BCUT2D eigenvalue weighted by Crippen LogP contribution is -2.25. The van der Waals surface area contributed by atoms with Gasteiger partial charge in [-0.25, -0.2) is 4.39 Å². The Hall–Kier alpha value is -3.74. The van der Waals surface area contributed by atoms with E-state index < -0.39 is 17.4 Å². The first-order chi connectivity index (χ1) is 13.4. The lowest BCUT2D eigenvalue weighted by Gasteiger charge is -2.10. The van der Waals surface area contributed by atoms with Gasteiger partial charge in [0.25, 0.3) is 5.91 Å². The number of hydrogen-bond acceptors (Lipinski definition) is 5. The van der Waals surface area contributed by atoms with Crippen molar-refractivity contribution < 1.29 is 29.2 Å². The maximum Gasteiger partial charge on any atom is 0.258 e. The van der Waals surface area contributed by atoms with Gasteiger partial charge in [0.1, 0.15) is 40.1 Å². The minimum absolute atomic E-state index is 0.275. The van der Waals surface area contributed by atoms with Crippen LogP contribution in [0.5, 0.6) is 28.7 Å². The highest BCUT2D eigenvalue weighted by Crippen LogP contribution is 2.31. The van der Waals surface area contributed by atoms with Crippen LogP contribution in [0, 0.1) is 5.82 Å². The molecule has 144 valence electrons. The number of phenolic OH excluding ortho intramolecular Hbond substituents is 3. The predicted molar refractivity (Wildman–Crippen MR) is 100 cm³/mol. The summed E-state index contributed by atoms with van der Waals surface area (Å²) in [6, 6.07) is 14.9. The molecule has 0 aliphatic carbocycles. The van der Waals surface area contributed by atoms with Crippen molar-refractivity contribution in [1.29, 1.82) is 0 Å². The average molecular weight is 383 g/mol. The average Bonchev–Trinajstić information content (AvgIpc) is 2.64. The van der Waals surface area contributed by atoms with Crippen molar-refractivity contribution in [3.05, 3.63) is 77.6 Å². The fraction of sp³-hybridized carbons (Fsp3) is 0.0952. The molecular formula is C21H18FNO5. The van der Waals surface area contributed by atoms with Crippen LogP contribution in [0.25, 0.3) is 0 Å². The standard InChI is InChI=1S/C21H18FNO5/c22-14-3-7-17(8-4-14)28-16-5-1-13(2-6-16)9-10-23-21(27)20-18(25)11-15(24)12-19(20)26/h1-8,11-12,24-26H,9-10H2,(H,23,27). The number of hydrogen-bond donors (Lipinski definition) is 4. The molecule has 3 aromatic rings. The Morgan fingerprint density at radius 2 is 1.43 bits per heavy atom. The van der Waals surface area contributed by atoms with Crippen molar-refractivity contribution in [1.82, 2.24) is 5.32 Å². The second-order valence-corrected chi connectivity index (χ2v) is 6.06. The fourth-order valence-corrected chi connectivity index (χ4v) is 2.60. The summed E-state index contributed by atoms with van der Waals surface area (Å²) in [5.74, 6) is -1.21. The molecule has 0 atom stereocenters. The number of rotatable bonds is 6. The molecule has 3 rings (SSSR count). The van der Waals surface area contributed by atoms with Gasteiger partial charge in [0.2, 0.25) is 0 Å². The van der Waals surface area contributed by atoms with E-state index in [2.05, 4.69) is 5.32 Å². The van der Waals surface area contributed by atoms with Gasteiger partial charge >= 0.3 is 0 Å². The first-order valence-corrected chi connectivity index (χ1v) is 8.48. The zero-order valence-electron chi connectivity index (χ0n) is 14.7. The van der Waals surface area contributed by atoms with Crippen molar-refractivity contribution in [3.8, 4) is 28.7 Å². The zero-order valence-corrected chi connectivity index (χ0v) is 14.7. The highest BCUT2D eigenvalue weighted by atomic mass is 19.1. The van der Waals surface area contributed by atoms with Gasteiger partial charge < -0.3 is 25.4 Å². The number of carbonyl (C=O) groups is 1. The first-order valence-electron chi connectivity index (χ1n) is 8.48. The second kappa shape index (κ2) is 8.30. The summed E-state index contributed by atoms with van der Waals surface area (Å²) in [6.45, 7) is 0.275. The fourth-order valence-electron chi connectivity index (χ4n) is 2.60. The smallest absolute Gasteiger partial charge is 0.258 e. The number of phenols is 3. The SMILES string of the molecule is O=C(NCCc1ccc(Oc2ccc(F)cc2)cc1)c1c(O)cc(O)cc1O.